The molecule has 114 valence electrons. The molecular formula is C17H29NO2. The second-order valence-corrected chi connectivity index (χ2v) is 6.88. The molecule has 2 N–H and O–H groups in total. The van der Waals surface area contributed by atoms with Crippen LogP contribution >= 0.6 is 0 Å². The molecule has 0 aromatic heterocycles. The summed E-state index contributed by atoms with van der Waals surface area (Å²) in [7, 11) is 1.86. The average molecular weight is 279 g/mol. The number of aliphatic hydroxyl groups is 1. The molecule has 3 nitrogen and oxygen atoms in total. The van der Waals surface area contributed by atoms with E-state index in [1.54, 1.807) is 0 Å². The predicted octanol–water partition coefficient (Wildman–Crippen LogP) is 3.11. The Morgan fingerprint density at radius 1 is 1.15 bits per heavy atom. The molecule has 0 radical (unpaired) electrons. The summed E-state index contributed by atoms with van der Waals surface area (Å²) in [5, 5.41) is 12.6. The number of likely N-dealkylation sites (N-methyl/N-ethyl adjacent to an activating group) is 1. The molecule has 1 rings (SSSR count). The van der Waals surface area contributed by atoms with Crippen LogP contribution in [0.5, 0.6) is 5.75 Å². The molecule has 0 aliphatic rings. The van der Waals surface area contributed by atoms with Gasteiger partial charge < -0.3 is 15.2 Å². The monoisotopic (exact) mass is 279 g/mol. The standard InChI is InChI=1S/C17H29NO2/c1-13(11-17(5,12-19)18-6)20-15-9-7-14(8-10-15)16(2,3)4/h7-10,13,18-19H,11-12H2,1-6H3. The molecule has 0 saturated heterocycles. The van der Waals surface area contributed by atoms with E-state index >= 15 is 0 Å². The average Bonchev–Trinajstić information content (AvgIpc) is 2.38. The van der Waals surface area contributed by atoms with Crippen LogP contribution in [0, 0.1) is 0 Å². The van der Waals surface area contributed by atoms with E-state index in [4.69, 9.17) is 4.74 Å². The summed E-state index contributed by atoms with van der Waals surface area (Å²) in [6.45, 7) is 10.7. The van der Waals surface area contributed by atoms with E-state index < -0.39 is 0 Å². The lowest BCUT2D eigenvalue weighted by Crippen LogP contribution is -2.46. The number of hydrogen-bond acceptors (Lipinski definition) is 3. The van der Waals surface area contributed by atoms with Crippen molar-refractivity contribution in [2.45, 2.75) is 58.1 Å². The van der Waals surface area contributed by atoms with E-state index in [0.29, 0.717) is 0 Å². The second kappa shape index (κ2) is 6.59. The SMILES string of the molecule is CNC(C)(CO)CC(C)Oc1ccc(C(C)(C)C)cc1. The molecule has 3 heteroatoms. The molecule has 2 atom stereocenters. The van der Waals surface area contributed by atoms with Crippen molar-refractivity contribution in [3.63, 3.8) is 0 Å². The lowest BCUT2D eigenvalue weighted by molar-refractivity contribution is 0.115. The Hall–Kier alpha value is -1.06. The zero-order chi connectivity index (χ0) is 15.4. The summed E-state index contributed by atoms with van der Waals surface area (Å²) < 4.78 is 5.93. The van der Waals surface area contributed by atoms with Gasteiger partial charge in [0.1, 0.15) is 5.75 Å². The lowest BCUT2D eigenvalue weighted by atomic mass is 9.87. The molecule has 0 spiro atoms. The first-order valence-corrected chi connectivity index (χ1v) is 7.27. The number of ether oxygens (including phenoxy) is 1. The van der Waals surface area contributed by atoms with Crippen LogP contribution in [0.4, 0.5) is 0 Å². The van der Waals surface area contributed by atoms with Crippen LogP contribution in [0.2, 0.25) is 0 Å². The molecule has 0 heterocycles. The van der Waals surface area contributed by atoms with Gasteiger partial charge in [-0.2, -0.15) is 0 Å². The second-order valence-electron chi connectivity index (χ2n) is 6.88. The highest BCUT2D eigenvalue weighted by Crippen LogP contribution is 2.25. The quantitative estimate of drug-likeness (QED) is 0.840. The number of benzene rings is 1. The Kier molecular flexibility index (Phi) is 5.60. The number of aliphatic hydroxyl groups excluding tert-OH is 1. The van der Waals surface area contributed by atoms with Crippen molar-refractivity contribution in [3.8, 4) is 5.75 Å². The van der Waals surface area contributed by atoms with Gasteiger partial charge in [0.25, 0.3) is 0 Å². The fourth-order valence-electron chi connectivity index (χ4n) is 2.19. The first kappa shape index (κ1) is 17.0. The molecule has 2 unspecified atom stereocenters. The van der Waals surface area contributed by atoms with Gasteiger partial charge in [-0.3, -0.25) is 0 Å². The van der Waals surface area contributed by atoms with Gasteiger partial charge in [-0.25, -0.2) is 0 Å². The third kappa shape index (κ3) is 4.80. The smallest absolute Gasteiger partial charge is 0.119 e. The molecule has 0 fully saturated rings. The molecule has 0 amide bonds. The maximum atomic E-state index is 9.41. The summed E-state index contributed by atoms with van der Waals surface area (Å²) in [4.78, 5) is 0. The molecule has 20 heavy (non-hydrogen) atoms. The summed E-state index contributed by atoms with van der Waals surface area (Å²) >= 11 is 0. The zero-order valence-electron chi connectivity index (χ0n) is 13.7. The van der Waals surface area contributed by atoms with Gasteiger partial charge in [0.15, 0.2) is 0 Å². The summed E-state index contributed by atoms with van der Waals surface area (Å²) in [5.74, 6) is 0.877. The van der Waals surface area contributed by atoms with E-state index in [9.17, 15) is 5.11 Å². The lowest BCUT2D eigenvalue weighted by Gasteiger charge is -2.30. The summed E-state index contributed by atoms with van der Waals surface area (Å²) in [5.41, 5.74) is 1.16. The van der Waals surface area contributed by atoms with Crippen molar-refractivity contribution < 1.29 is 9.84 Å². The van der Waals surface area contributed by atoms with Gasteiger partial charge in [0.05, 0.1) is 12.7 Å². The topological polar surface area (TPSA) is 41.5 Å². The van der Waals surface area contributed by atoms with Crippen molar-refractivity contribution in [1.29, 1.82) is 0 Å². The molecule has 0 aliphatic carbocycles. The molecule has 1 aromatic carbocycles. The van der Waals surface area contributed by atoms with Gasteiger partial charge in [0, 0.05) is 12.0 Å². The number of nitrogens with one attached hydrogen (secondary N) is 1. The molecule has 1 aromatic rings. The van der Waals surface area contributed by atoms with Crippen molar-refractivity contribution in [1.82, 2.24) is 5.32 Å². The minimum absolute atomic E-state index is 0.0417. The molecule has 0 bridgehead atoms. The van der Waals surface area contributed by atoms with Crippen molar-refractivity contribution in [2.24, 2.45) is 0 Å². The van der Waals surface area contributed by atoms with Gasteiger partial charge in [-0.15, -0.1) is 0 Å². The largest absolute Gasteiger partial charge is 0.491 e. The highest BCUT2D eigenvalue weighted by atomic mass is 16.5. The predicted molar refractivity (Wildman–Crippen MR) is 84.4 cm³/mol. The fraction of sp³-hybridized carbons (Fsp3) is 0.647. The van der Waals surface area contributed by atoms with Gasteiger partial charge in [-0.1, -0.05) is 32.9 Å². The van der Waals surface area contributed by atoms with Crippen LogP contribution in [0.25, 0.3) is 0 Å². The maximum absolute atomic E-state index is 9.41. The zero-order valence-corrected chi connectivity index (χ0v) is 13.7. The van der Waals surface area contributed by atoms with Crippen molar-refractivity contribution >= 4 is 0 Å². The Labute approximate surface area is 123 Å². The van der Waals surface area contributed by atoms with Crippen LogP contribution in [-0.4, -0.2) is 30.4 Å². The van der Waals surface area contributed by atoms with Gasteiger partial charge in [0.2, 0.25) is 0 Å². The fourth-order valence-corrected chi connectivity index (χ4v) is 2.19. The Bertz CT molecular complexity index is 402. The van der Waals surface area contributed by atoms with E-state index in [1.165, 1.54) is 5.56 Å². The Morgan fingerprint density at radius 3 is 2.10 bits per heavy atom. The third-order valence-electron chi connectivity index (χ3n) is 3.75. The first-order chi connectivity index (χ1) is 9.20. The van der Waals surface area contributed by atoms with Gasteiger partial charge in [-0.05, 0) is 44.0 Å². The van der Waals surface area contributed by atoms with Crippen molar-refractivity contribution in [2.75, 3.05) is 13.7 Å². The minimum Gasteiger partial charge on any atom is -0.491 e. The summed E-state index contributed by atoms with van der Waals surface area (Å²) in [6, 6.07) is 8.27. The molecule has 0 aliphatic heterocycles. The first-order valence-electron chi connectivity index (χ1n) is 7.27. The van der Waals surface area contributed by atoms with Crippen LogP contribution in [0.1, 0.15) is 46.6 Å². The van der Waals surface area contributed by atoms with Crippen molar-refractivity contribution in [3.05, 3.63) is 29.8 Å². The normalized spacial score (nSPS) is 16.6. The van der Waals surface area contributed by atoms with E-state index in [0.717, 1.165) is 12.2 Å². The minimum atomic E-state index is -0.301. The maximum Gasteiger partial charge on any atom is 0.119 e. The van der Waals surface area contributed by atoms with Crippen LogP contribution in [0.15, 0.2) is 24.3 Å². The highest BCUT2D eigenvalue weighted by Gasteiger charge is 2.24. The summed E-state index contributed by atoms with van der Waals surface area (Å²) in [6.07, 6.45) is 0.793. The molecule has 0 saturated carbocycles. The Balaban J connectivity index is 2.65. The third-order valence-corrected chi connectivity index (χ3v) is 3.75. The van der Waals surface area contributed by atoms with Crippen LogP contribution in [-0.2, 0) is 5.41 Å². The Morgan fingerprint density at radius 2 is 1.70 bits per heavy atom. The number of hydrogen-bond donors (Lipinski definition) is 2. The van der Waals surface area contributed by atoms with E-state index in [1.807, 2.05) is 33.0 Å². The van der Waals surface area contributed by atoms with Gasteiger partial charge >= 0.3 is 0 Å². The van der Waals surface area contributed by atoms with Crippen LogP contribution in [0.3, 0.4) is 0 Å². The number of rotatable bonds is 6. The highest BCUT2D eigenvalue weighted by molar-refractivity contribution is 5.31. The van der Waals surface area contributed by atoms with Crippen LogP contribution < -0.4 is 10.1 Å². The van der Waals surface area contributed by atoms with E-state index in [2.05, 4.69) is 38.2 Å². The van der Waals surface area contributed by atoms with E-state index in [-0.39, 0.29) is 23.7 Å². The molecular weight excluding hydrogens is 250 g/mol.